The van der Waals surface area contributed by atoms with E-state index in [4.69, 9.17) is 4.74 Å². The lowest BCUT2D eigenvalue weighted by atomic mass is 10.0. The zero-order chi connectivity index (χ0) is 22.5. The third-order valence-electron chi connectivity index (χ3n) is 4.95. The van der Waals surface area contributed by atoms with Crippen LogP contribution in [0.4, 0.5) is 5.69 Å². The summed E-state index contributed by atoms with van der Waals surface area (Å²) in [5.41, 5.74) is 2.73. The van der Waals surface area contributed by atoms with Gasteiger partial charge in [0.2, 0.25) is 11.3 Å². The number of carbonyl (C=O) groups excluding carboxylic acids is 2. The van der Waals surface area contributed by atoms with Crippen molar-refractivity contribution in [1.29, 1.82) is 0 Å². The number of nitrogens with zero attached hydrogens (tertiary/aromatic N) is 2. The van der Waals surface area contributed by atoms with Crippen molar-refractivity contribution < 1.29 is 14.3 Å². The fourth-order valence-corrected chi connectivity index (χ4v) is 3.45. The van der Waals surface area contributed by atoms with Gasteiger partial charge in [-0.15, -0.1) is 0 Å². The lowest BCUT2D eigenvalue weighted by Gasteiger charge is -2.14. The van der Waals surface area contributed by atoms with Crippen LogP contribution in [0.25, 0.3) is 22.0 Å². The standard InChI is InChI=1S/C25H21N3O4/c1-2-32-25(31)20-14-18(17-8-4-3-5-9-17)12-13-21(20)27-24(30)16-28-22-11-7-6-10-19(22)23(29)15-26-28/h3-15H,2,16H2,1H3,(H,27,30). The number of fused-ring (bicyclic) bond motifs is 1. The van der Waals surface area contributed by atoms with E-state index in [0.29, 0.717) is 16.6 Å². The first-order valence-corrected chi connectivity index (χ1v) is 10.2. The van der Waals surface area contributed by atoms with Crippen molar-refractivity contribution in [2.24, 2.45) is 0 Å². The first-order chi connectivity index (χ1) is 15.6. The number of esters is 1. The topological polar surface area (TPSA) is 90.3 Å². The van der Waals surface area contributed by atoms with Crippen LogP contribution >= 0.6 is 0 Å². The van der Waals surface area contributed by atoms with Crippen LogP contribution < -0.4 is 10.7 Å². The van der Waals surface area contributed by atoms with Gasteiger partial charge in [0.1, 0.15) is 6.54 Å². The minimum absolute atomic E-state index is 0.122. The van der Waals surface area contributed by atoms with Crippen LogP contribution in [0.5, 0.6) is 0 Å². The van der Waals surface area contributed by atoms with Gasteiger partial charge in [-0.3, -0.25) is 14.3 Å². The molecular weight excluding hydrogens is 406 g/mol. The summed E-state index contributed by atoms with van der Waals surface area (Å²) in [4.78, 5) is 37.4. The molecule has 0 spiro atoms. The Morgan fingerprint density at radius 1 is 0.969 bits per heavy atom. The van der Waals surface area contributed by atoms with Gasteiger partial charge in [-0.05, 0) is 42.3 Å². The minimum atomic E-state index is -0.521. The lowest BCUT2D eigenvalue weighted by Crippen LogP contribution is -2.23. The van der Waals surface area contributed by atoms with Crippen molar-refractivity contribution in [3.63, 3.8) is 0 Å². The number of aromatic nitrogens is 2. The van der Waals surface area contributed by atoms with Crippen LogP contribution in [0.1, 0.15) is 17.3 Å². The predicted octanol–water partition coefficient (Wildman–Crippen LogP) is 3.88. The highest BCUT2D eigenvalue weighted by atomic mass is 16.5. The Balaban J connectivity index is 1.63. The second-order valence-corrected chi connectivity index (χ2v) is 7.08. The molecule has 3 aromatic carbocycles. The SMILES string of the molecule is CCOC(=O)c1cc(-c2ccccc2)ccc1NC(=O)Cn1ncc(=O)c2ccccc21. The molecular formula is C25H21N3O4. The molecule has 32 heavy (non-hydrogen) atoms. The smallest absolute Gasteiger partial charge is 0.340 e. The zero-order valence-electron chi connectivity index (χ0n) is 17.4. The zero-order valence-corrected chi connectivity index (χ0v) is 17.4. The summed E-state index contributed by atoms with van der Waals surface area (Å²) in [6.45, 7) is 1.82. The number of benzene rings is 3. The second kappa shape index (κ2) is 9.26. The van der Waals surface area contributed by atoms with Gasteiger partial charge in [0.05, 0.1) is 29.6 Å². The van der Waals surface area contributed by atoms with Crippen LogP contribution in [-0.2, 0) is 16.1 Å². The summed E-state index contributed by atoms with van der Waals surface area (Å²) in [6.07, 6.45) is 1.19. The number of hydrogen-bond acceptors (Lipinski definition) is 5. The molecule has 0 bridgehead atoms. The van der Waals surface area contributed by atoms with Crippen LogP contribution in [-0.4, -0.2) is 28.3 Å². The second-order valence-electron chi connectivity index (χ2n) is 7.08. The van der Waals surface area contributed by atoms with Crippen molar-refractivity contribution in [1.82, 2.24) is 9.78 Å². The van der Waals surface area contributed by atoms with Gasteiger partial charge in [0.25, 0.3) is 0 Å². The average molecular weight is 427 g/mol. The molecule has 0 unspecified atom stereocenters. The maximum Gasteiger partial charge on any atom is 0.340 e. The predicted molar refractivity (Wildman–Crippen MR) is 122 cm³/mol. The van der Waals surface area contributed by atoms with E-state index in [2.05, 4.69) is 10.4 Å². The Labute approximate surface area is 184 Å². The third kappa shape index (κ3) is 4.41. The van der Waals surface area contributed by atoms with Gasteiger partial charge >= 0.3 is 5.97 Å². The maximum atomic E-state index is 12.8. The third-order valence-corrected chi connectivity index (χ3v) is 4.95. The number of carbonyl (C=O) groups is 2. The number of anilines is 1. The van der Waals surface area contributed by atoms with Crippen molar-refractivity contribution >= 4 is 28.5 Å². The molecule has 1 heterocycles. The Bertz CT molecular complexity index is 1350. The van der Waals surface area contributed by atoms with E-state index in [-0.39, 0.29) is 30.1 Å². The molecule has 4 aromatic rings. The van der Waals surface area contributed by atoms with Crippen LogP contribution in [0, 0.1) is 0 Å². The van der Waals surface area contributed by atoms with Crippen LogP contribution in [0.15, 0.2) is 83.8 Å². The maximum absolute atomic E-state index is 12.8. The Hall–Kier alpha value is -4.26. The minimum Gasteiger partial charge on any atom is -0.462 e. The van der Waals surface area contributed by atoms with E-state index in [0.717, 1.165) is 11.1 Å². The number of hydrogen-bond donors (Lipinski definition) is 1. The number of rotatable bonds is 6. The van der Waals surface area contributed by atoms with E-state index in [9.17, 15) is 14.4 Å². The quantitative estimate of drug-likeness (QED) is 0.472. The molecule has 0 saturated heterocycles. The van der Waals surface area contributed by atoms with E-state index >= 15 is 0 Å². The average Bonchev–Trinajstić information content (AvgIpc) is 2.82. The molecule has 0 aliphatic carbocycles. The Morgan fingerprint density at radius 3 is 2.50 bits per heavy atom. The molecule has 7 heteroatoms. The number of nitrogens with one attached hydrogen (secondary N) is 1. The first kappa shape index (κ1) is 21.0. The summed E-state index contributed by atoms with van der Waals surface area (Å²) >= 11 is 0. The lowest BCUT2D eigenvalue weighted by molar-refractivity contribution is -0.116. The summed E-state index contributed by atoms with van der Waals surface area (Å²) < 4.78 is 6.64. The molecule has 0 fully saturated rings. The molecule has 0 saturated carbocycles. The molecule has 1 aromatic heterocycles. The molecule has 4 rings (SSSR count). The van der Waals surface area contributed by atoms with Crippen molar-refractivity contribution in [2.75, 3.05) is 11.9 Å². The summed E-state index contributed by atoms with van der Waals surface area (Å²) in [5, 5.41) is 7.34. The monoisotopic (exact) mass is 427 g/mol. The highest BCUT2D eigenvalue weighted by Crippen LogP contribution is 2.26. The highest BCUT2D eigenvalue weighted by molar-refractivity contribution is 6.02. The van der Waals surface area contributed by atoms with Crippen LogP contribution in [0.3, 0.4) is 0 Å². The molecule has 0 aliphatic rings. The molecule has 0 aliphatic heterocycles. The highest BCUT2D eigenvalue weighted by Gasteiger charge is 2.17. The van der Waals surface area contributed by atoms with E-state index in [1.807, 2.05) is 36.4 Å². The van der Waals surface area contributed by atoms with E-state index in [1.54, 1.807) is 43.3 Å². The summed E-state index contributed by atoms with van der Waals surface area (Å²) in [5.74, 6) is -0.906. The summed E-state index contributed by atoms with van der Waals surface area (Å²) in [7, 11) is 0. The van der Waals surface area contributed by atoms with Gasteiger partial charge < -0.3 is 10.1 Å². The largest absolute Gasteiger partial charge is 0.462 e. The normalized spacial score (nSPS) is 10.7. The fourth-order valence-electron chi connectivity index (χ4n) is 3.45. The van der Waals surface area contributed by atoms with Crippen molar-refractivity contribution in [3.05, 3.63) is 94.8 Å². The van der Waals surface area contributed by atoms with Gasteiger partial charge in [-0.25, -0.2) is 4.79 Å². The van der Waals surface area contributed by atoms with Crippen molar-refractivity contribution in [2.45, 2.75) is 13.5 Å². The Kier molecular flexibility index (Phi) is 6.07. The van der Waals surface area contributed by atoms with Gasteiger partial charge in [-0.1, -0.05) is 48.5 Å². The number of ether oxygens (including phenoxy) is 1. The van der Waals surface area contributed by atoms with Crippen LogP contribution in [0.2, 0.25) is 0 Å². The summed E-state index contributed by atoms with van der Waals surface area (Å²) in [6, 6.07) is 21.8. The molecule has 0 atom stereocenters. The molecule has 7 nitrogen and oxygen atoms in total. The molecule has 1 N–H and O–H groups in total. The first-order valence-electron chi connectivity index (χ1n) is 10.2. The number of para-hydroxylation sites is 1. The molecule has 0 radical (unpaired) electrons. The molecule has 1 amide bonds. The fraction of sp³-hybridized carbons (Fsp3) is 0.120. The van der Waals surface area contributed by atoms with Crippen molar-refractivity contribution in [3.8, 4) is 11.1 Å². The van der Waals surface area contributed by atoms with Gasteiger partial charge in [0, 0.05) is 5.39 Å². The van der Waals surface area contributed by atoms with Gasteiger partial charge in [-0.2, -0.15) is 5.10 Å². The van der Waals surface area contributed by atoms with E-state index < -0.39 is 5.97 Å². The number of amides is 1. The Morgan fingerprint density at radius 2 is 1.72 bits per heavy atom. The van der Waals surface area contributed by atoms with Gasteiger partial charge in [0.15, 0.2) is 0 Å². The van der Waals surface area contributed by atoms with E-state index in [1.165, 1.54) is 10.9 Å². The molecule has 160 valence electrons.